The predicted molar refractivity (Wildman–Crippen MR) is 67.4 cm³/mol. The summed E-state index contributed by atoms with van der Waals surface area (Å²) in [5.41, 5.74) is 2.52. The second-order valence-corrected chi connectivity index (χ2v) is 3.18. The van der Waals surface area contributed by atoms with Crippen LogP contribution in [-0.2, 0) is 6.54 Å². The molecule has 0 saturated heterocycles. The highest BCUT2D eigenvalue weighted by atomic mass is 15.0. The summed E-state index contributed by atoms with van der Waals surface area (Å²) in [5, 5.41) is 0. The van der Waals surface area contributed by atoms with Gasteiger partial charge in [0.15, 0.2) is 0 Å². The maximum Gasteiger partial charge on any atom is 0.0227 e. The van der Waals surface area contributed by atoms with Crippen LogP contribution in [0.5, 0.6) is 0 Å². The van der Waals surface area contributed by atoms with Crippen molar-refractivity contribution in [3.05, 3.63) is 42.0 Å². The molecular weight excluding hydrogens is 170 g/mol. The molecule has 0 saturated carbocycles. The Balaban J connectivity index is 0. The van der Waals surface area contributed by atoms with Gasteiger partial charge >= 0.3 is 0 Å². The summed E-state index contributed by atoms with van der Waals surface area (Å²) in [5.74, 6) is 0. The van der Waals surface area contributed by atoms with Gasteiger partial charge in [0.1, 0.15) is 0 Å². The van der Waals surface area contributed by atoms with Crippen LogP contribution in [0.4, 0.5) is 0 Å². The Morgan fingerprint density at radius 1 is 1.14 bits per heavy atom. The molecule has 1 rings (SSSR count). The largest absolute Gasteiger partial charge is 0.305 e. The topological polar surface area (TPSA) is 3.24 Å². The van der Waals surface area contributed by atoms with Crippen LogP contribution in [0.25, 0.3) is 6.08 Å². The highest BCUT2D eigenvalue weighted by molar-refractivity contribution is 5.47. The number of hydrogen-bond donors (Lipinski definition) is 0. The summed E-state index contributed by atoms with van der Waals surface area (Å²) in [6, 6.07) is 8.45. The monoisotopic (exact) mass is 193 g/mol. The smallest absolute Gasteiger partial charge is 0.0227 e. The van der Waals surface area contributed by atoms with E-state index in [4.69, 9.17) is 0 Å². The Morgan fingerprint density at radius 3 is 2.00 bits per heavy atom. The lowest BCUT2D eigenvalue weighted by Gasteiger charge is -2.09. The maximum absolute atomic E-state index is 3.71. The SMILES string of the molecule is C.C.C=Cc1ccc(CN(C)C)cc1. The average molecular weight is 193 g/mol. The quantitative estimate of drug-likeness (QED) is 0.708. The van der Waals surface area contributed by atoms with Crippen molar-refractivity contribution in [2.45, 2.75) is 21.4 Å². The highest BCUT2D eigenvalue weighted by Crippen LogP contribution is 2.06. The molecule has 1 nitrogen and oxygen atoms in total. The third-order valence-electron chi connectivity index (χ3n) is 1.71. The lowest BCUT2D eigenvalue weighted by molar-refractivity contribution is 0.402. The number of rotatable bonds is 3. The van der Waals surface area contributed by atoms with Crippen LogP contribution in [-0.4, -0.2) is 19.0 Å². The van der Waals surface area contributed by atoms with Crippen LogP contribution in [0.1, 0.15) is 26.0 Å². The van der Waals surface area contributed by atoms with E-state index < -0.39 is 0 Å². The van der Waals surface area contributed by atoms with Gasteiger partial charge in [0.05, 0.1) is 0 Å². The standard InChI is InChI=1S/C11H15N.2CH4/c1-4-10-5-7-11(8-6-10)9-12(2)3;;/h4-8H,1,9H2,2-3H3;2*1H4. The van der Waals surface area contributed by atoms with Crippen molar-refractivity contribution in [1.29, 1.82) is 0 Å². The molecule has 0 spiro atoms. The normalized spacial score (nSPS) is 8.79. The first-order valence-corrected chi connectivity index (χ1v) is 4.08. The van der Waals surface area contributed by atoms with E-state index in [1.165, 1.54) is 11.1 Å². The van der Waals surface area contributed by atoms with Gasteiger partial charge in [0, 0.05) is 6.54 Å². The molecule has 0 atom stereocenters. The zero-order valence-electron chi connectivity index (χ0n) is 7.75. The van der Waals surface area contributed by atoms with Gasteiger partial charge in [-0.15, -0.1) is 0 Å². The van der Waals surface area contributed by atoms with Crippen molar-refractivity contribution >= 4 is 6.08 Å². The number of nitrogens with zero attached hydrogens (tertiary/aromatic N) is 1. The van der Waals surface area contributed by atoms with E-state index in [1.807, 2.05) is 6.08 Å². The van der Waals surface area contributed by atoms with Crippen molar-refractivity contribution in [3.63, 3.8) is 0 Å². The minimum absolute atomic E-state index is 0. The fourth-order valence-electron chi connectivity index (χ4n) is 1.12. The third-order valence-corrected chi connectivity index (χ3v) is 1.71. The minimum atomic E-state index is 0. The first-order valence-electron chi connectivity index (χ1n) is 4.08. The summed E-state index contributed by atoms with van der Waals surface area (Å²) in [6.45, 7) is 4.71. The summed E-state index contributed by atoms with van der Waals surface area (Å²) in [7, 11) is 4.14. The molecular formula is C13H23N. The summed E-state index contributed by atoms with van der Waals surface area (Å²) in [6.07, 6.45) is 1.86. The fraction of sp³-hybridized carbons (Fsp3) is 0.385. The Morgan fingerprint density at radius 2 is 1.64 bits per heavy atom. The van der Waals surface area contributed by atoms with Crippen molar-refractivity contribution in [2.24, 2.45) is 0 Å². The summed E-state index contributed by atoms with van der Waals surface area (Å²) < 4.78 is 0. The molecule has 0 bridgehead atoms. The summed E-state index contributed by atoms with van der Waals surface area (Å²) in [4.78, 5) is 2.16. The van der Waals surface area contributed by atoms with Crippen LogP contribution >= 0.6 is 0 Å². The number of hydrogen-bond acceptors (Lipinski definition) is 1. The van der Waals surface area contributed by atoms with Gasteiger partial charge in [0.25, 0.3) is 0 Å². The molecule has 0 aliphatic rings. The van der Waals surface area contributed by atoms with E-state index in [-0.39, 0.29) is 14.9 Å². The van der Waals surface area contributed by atoms with Crippen LogP contribution in [0.3, 0.4) is 0 Å². The van der Waals surface area contributed by atoms with Gasteiger partial charge in [0.2, 0.25) is 0 Å². The lowest BCUT2D eigenvalue weighted by Crippen LogP contribution is -2.10. The van der Waals surface area contributed by atoms with Crippen LogP contribution in [0, 0.1) is 0 Å². The molecule has 0 aromatic heterocycles. The van der Waals surface area contributed by atoms with E-state index in [0.717, 1.165) is 6.54 Å². The zero-order chi connectivity index (χ0) is 8.97. The first kappa shape index (κ1) is 15.4. The zero-order valence-corrected chi connectivity index (χ0v) is 7.75. The highest BCUT2D eigenvalue weighted by Gasteiger charge is 1.93. The van der Waals surface area contributed by atoms with Crippen LogP contribution in [0.15, 0.2) is 30.8 Å². The average Bonchev–Trinajstić information content (AvgIpc) is 2.05. The Labute approximate surface area is 89.1 Å². The fourth-order valence-corrected chi connectivity index (χ4v) is 1.12. The molecule has 0 unspecified atom stereocenters. The van der Waals surface area contributed by atoms with Crippen molar-refractivity contribution in [3.8, 4) is 0 Å². The molecule has 14 heavy (non-hydrogen) atoms. The molecule has 80 valence electrons. The molecule has 0 heterocycles. The van der Waals surface area contributed by atoms with E-state index in [2.05, 4.69) is 49.8 Å². The van der Waals surface area contributed by atoms with Gasteiger partial charge in [-0.3, -0.25) is 0 Å². The molecule has 0 aliphatic carbocycles. The van der Waals surface area contributed by atoms with E-state index in [9.17, 15) is 0 Å². The predicted octanol–water partition coefficient (Wildman–Crippen LogP) is 3.66. The lowest BCUT2D eigenvalue weighted by atomic mass is 10.1. The van der Waals surface area contributed by atoms with Crippen LogP contribution in [0.2, 0.25) is 0 Å². The first-order chi connectivity index (χ1) is 5.72. The maximum atomic E-state index is 3.71. The second-order valence-electron chi connectivity index (χ2n) is 3.18. The van der Waals surface area contributed by atoms with Crippen molar-refractivity contribution in [1.82, 2.24) is 4.90 Å². The number of benzene rings is 1. The second kappa shape index (κ2) is 7.34. The Hall–Kier alpha value is -1.08. The molecule has 0 N–H and O–H groups in total. The molecule has 1 aromatic rings. The molecule has 0 amide bonds. The van der Waals surface area contributed by atoms with Gasteiger partial charge in [-0.25, -0.2) is 0 Å². The van der Waals surface area contributed by atoms with E-state index in [1.54, 1.807) is 0 Å². The third kappa shape index (κ3) is 4.83. The van der Waals surface area contributed by atoms with E-state index >= 15 is 0 Å². The summed E-state index contributed by atoms with van der Waals surface area (Å²) >= 11 is 0. The van der Waals surface area contributed by atoms with Gasteiger partial charge < -0.3 is 4.90 Å². The van der Waals surface area contributed by atoms with Gasteiger partial charge in [-0.05, 0) is 25.2 Å². The van der Waals surface area contributed by atoms with Gasteiger partial charge in [-0.2, -0.15) is 0 Å². The van der Waals surface area contributed by atoms with Crippen molar-refractivity contribution in [2.75, 3.05) is 14.1 Å². The molecule has 1 aromatic carbocycles. The Kier molecular flexibility index (Phi) is 8.07. The molecule has 0 fully saturated rings. The van der Waals surface area contributed by atoms with Gasteiger partial charge in [-0.1, -0.05) is 51.8 Å². The van der Waals surface area contributed by atoms with Crippen LogP contribution < -0.4 is 0 Å². The minimum Gasteiger partial charge on any atom is -0.305 e. The molecule has 0 aliphatic heterocycles. The molecule has 1 heteroatoms. The van der Waals surface area contributed by atoms with Crippen molar-refractivity contribution < 1.29 is 0 Å². The van der Waals surface area contributed by atoms with E-state index in [0.29, 0.717) is 0 Å². The Bertz CT molecular complexity index is 246. The molecule has 0 radical (unpaired) electrons.